The van der Waals surface area contributed by atoms with E-state index in [1.807, 2.05) is 6.92 Å². The van der Waals surface area contributed by atoms with E-state index in [0.29, 0.717) is 17.7 Å². The summed E-state index contributed by atoms with van der Waals surface area (Å²) in [5, 5.41) is 0.463. The molecule has 0 saturated heterocycles. The summed E-state index contributed by atoms with van der Waals surface area (Å²) in [4.78, 5) is 11.7. The van der Waals surface area contributed by atoms with Crippen molar-refractivity contribution < 1.29 is 14.0 Å². The van der Waals surface area contributed by atoms with Gasteiger partial charge in [0.05, 0.1) is 12.5 Å². The van der Waals surface area contributed by atoms with Crippen molar-refractivity contribution >= 4 is 14.3 Å². The maximum Gasteiger partial charge on any atom is 0.308 e. The van der Waals surface area contributed by atoms with E-state index in [4.69, 9.17) is 9.16 Å². The first-order valence-corrected chi connectivity index (χ1v) is 11.1. The lowest BCUT2D eigenvalue weighted by molar-refractivity contribution is -0.149. The van der Waals surface area contributed by atoms with E-state index in [-0.39, 0.29) is 11.9 Å². The van der Waals surface area contributed by atoms with Gasteiger partial charge in [-0.05, 0) is 63.1 Å². The molecule has 0 aliphatic heterocycles. The molecule has 2 rings (SSSR count). The molecule has 2 atom stereocenters. The molecule has 2 unspecified atom stereocenters. The summed E-state index contributed by atoms with van der Waals surface area (Å²) in [5.41, 5.74) is 0. The average molecular weight is 298 g/mol. The topological polar surface area (TPSA) is 35.5 Å². The van der Waals surface area contributed by atoms with Crippen molar-refractivity contribution in [3.8, 4) is 0 Å². The van der Waals surface area contributed by atoms with Crippen LogP contribution in [0.25, 0.3) is 0 Å². The predicted molar refractivity (Wildman–Crippen MR) is 83.1 cm³/mol. The maximum atomic E-state index is 11.7. The molecule has 0 amide bonds. The lowest BCUT2D eigenvalue weighted by Gasteiger charge is -2.37. The second-order valence-corrected chi connectivity index (χ2v) is 11.8. The van der Waals surface area contributed by atoms with Gasteiger partial charge in [-0.2, -0.15) is 0 Å². The monoisotopic (exact) mass is 298 g/mol. The quantitative estimate of drug-likeness (QED) is 0.565. The Labute approximate surface area is 124 Å². The van der Waals surface area contributed by atoms with Crippen molar-refractivity contribution in [1.29, 1.82) is 0 Å². The van der Waals surface area contributed by atoms with Gasteiger partial charge in [0, 0.05) is 6.10 Å². The molecule has 0 heterocycles. The van der Waals surface area contributed by atoms with Gasteiger partial charge in [-0.3, -0.25) is 4.79 Å². The van der Waals surface area contributed by atoms with Crippen molar-refractivity contribution in [3.05, 3.63) is 0 Å². The number of ether oxygens (including phenoxy) is 1. The van der Waals surface area contributed by atoms with Crippen LogP contribution in [0.2, 0.25) is 18.1 Å². The van der Waals surface area contributed by atoms with Gasteiger partial charge >= 0.3 is 5.97 Å². The van der Waals surface area contributed by atoms with Crippen LogP contribution in [0.1, 0.15) is 52.9 Å². The summed E-state index contributed by atoms with van der Waals surface area (Å²) < 4.78 is 11.7. The molecule has 0 aromatic heterocycles. The lowest BCUT2D eigenvalue weighted by atomic mass is 9.87. The minimum Gasteiger partial charge on any atom is -0.466 e. The van der Waals surface area contributed by atoms with Crippen molar-refractivity contribution in [2.24, 2.45) is 11.8 Å². The Morgan fingerprint density at radius 1 is 1.25 bits per heavy atom. The zero-order chi connectivity index (χ0) is 15.0. The van der Waals surface area contributed by atoms with E-state index in [2.05, 4.69) is 26.9 Å². The highest BCUT2D eigenvalue weighted by molar-refractivity contribution is 6.75. The van der Waals surface area contributed by atoms with Crippen LogP contribution in [0.4, 0.5) is 0 Å². The number of hydrogen-bond donors (Lipinski definition) is 0. The first-order valence-electron chi connectivity index (χ1n) is 8.14. The molecule has 116 valence electrons. The molecular formula is C16H30O3Si. The van der Waals surface area contributed by atoms with Gasteiger partial charge in [0.25, 0.3) is 0 Å². The van der Waals surface area contributed by atoms with Gasteiger partial charge in [0.15, 0.2) is 8.32 Å². The molecule has 2 aliphatic carbocycles. The van der Waals surface area contributed by atoms with Gasteiger partial charge in [-0.1, -0.05) is 13.8 Å². The molecule has 0 spiro atoms. The lowest BCUT2D eigenvalue weighted by Crippen LogP contribution is -2.42. The van der Waals surface area contributed by atoms with Crippen LogP contribution in [0.5, 0.6) is 0 Å². The summed E-state index contributed by atoms with van der Waals surface area (Å²) in [6.07, 6.45) is 5.59. The first kappa shape index (κ1) is 16.0. The molecule has 0 aromatic carbocycles. The van der Waals surface area contributed by atoms with Gasteiger partial charge in [-0.15, -0.1) is 0 Å². The van der Waals surface area contributed by atoms with E-state index in [0.717, 1.165) is 31.6 Å². The van der Waals surface area contributed by atoms with Crippen LogP contribution >= 0.6 is 0 Å². The Hall–Kier alpha value is -0.353. The van der Waals surface area contributed by atoms with Crippen LogP contribution < -0.4 is 0 Å². The van der Waals surface area contributed by atoms with Crippen LogP contribution in [0.15, 0.2) is 0 Å². The molecule has 20 heavy (non-hydrogen) atoms. The molecule has 0 N–H and O–H groups in total. The highest BCUT2D eigenvalue weighted by Crippen LogP contribution is 2.65. The van der Waals surface area contributed by atoms with Gasteiger partial charge in [0.2, 0.25) is 0 Å². The third-order valence-corrected chi connectivity index (χ3v) is 10.2. The van der Waals surface area contributed by atoms with E-state index >= 15 is 0 Å². The Morgan fingerprint density at radius 3 is 2.25 bits per heavy atom. The highest BCUT2D eigenvalue weighted by Gasteiger charge is 2.60. The van der Waals surface area contributed by atoms with Crippen LogP contribution in [-0.2, 0) is 14.0 Å². The van der Waals surface area contributed by atoms with E-state index in [1.54, 1.807) is 0 Å². The standard InChI is InChI=1S/C16H30O3Si/c1-6-18-15(17)13-7-9-14(10-8-13)19-20(4,5)16(3)11-12(16)2/h12-14H,6-11H2,1-5H3. The Morgan fingerprint density at radius 2 is 1.80 bits per heavy atom. The molecule has 2 aliphatic rings. The fourth-order valence-corrected chi connectivity index (χ4v) is 6.97. The fraction of sp³-hybridized carbons (Fsp3) is 0.938. The van der Waals surface area contributed by atoms with Crippen LogP contribution in [0.3, 0.4) is 0 Å². The predicted octanol–water partition coefficient (Wildman–Crippen LogP) is 4.13. The summed E-state index contributed by atoms with van der Waals surface area (Å²) >= 11 is 0. The minimum atomic E-state index is -1.62. The van der Waals surface area contributed by atoms with Crippen molar-refractivity contribution in [1.82, 2.24) is 0 Å². The van der Waals surface area contributed by atoms with Crippen LogP contribution in [0, 0.1) is 11.8 Å². The molecule has 0 radical (unpaired) electrons. The van der Waals surface area contributed by atoms with Gasteiger partial charge in [-0.25, -0.2) is 0 Å². The molecule has 4 heteroatoms. The summed E-state index contributed by atoms with van der Waals surface area (Å²) in [6, 6.07) is 0. The molecule has 2 saturated carbocycles. The average Bonchev–Trinajstić information content (AvgIpc) is 3.00. The number of carbonyl (C=O) groups is 1. The number of esters is 1. The third-order valence-electron chi connectivity index (χ3n) is 5.79. The third kappa shape index (κ3) is 3.11. The smallest absolute Gasteiger partial charge is 0.308 e. The fourth-order valence-electron chi connectivity index (χ4n) is 3.64. The SMILES string of the molecule is CCOC(=O)C1CCC(O[Si](C)(C)C2(C)CC2C)CC1. The normalized spacial score (nSPS) is 37.5. The molecule has 3 nitrogen and oxygen atoms in total. The van der Waals surface area contributed by atoms with E-state index in [1.165, 1.54) is 6.42 Å². The second kappa shape index (κ2) is 5.80. The highest BCUT2D eigenvalue weighted by atomic mass is 28.4. The molecule has 0 aromatic rings. The van der Waals surface area contributed by atoms with E-state index in [9.17, 15) is 4.79 Å². The molecule has 0 bridgehead atoms. The summed E-state index contributed by atoms with van der Waals surface area (Å²) in [5.74, 6) is 0.917. The number of carbonyl (C=O) groups excluding carboxylic acids is 1. The molecular weight excluding hydrogens is 268 g/mol. The van der Waals surface area contributed by atoms with Crippen molar-refractivity contribution in [2.75, 3.05) is 6.61 Å². The largest absolute Gasteiger partial charge is 0.466 e. The number of rotatable bonds is 5. The van der Waals surface area contributed by atoms with Crippen molar-refractivity contribution in [3.63, 3.8) is 0 Å². The van der Waals surface area contributed by atoms with Gasteiger partial charge in [0.1, 0.15) is 0 Å². The summed E-state index contributed by atoms with van der Waals surface area (Å²) in [7, 11) is -1.62. The van der Waals surface area contributed by atoms with Crippen molar-refractivity contribution in [2.45, 2.75) is 77.1 Å². The van der Waals surface area contributed by atoms with Gasteiger partial charge < -0.3 is 9.16 Å². The minimum absolute atomic E-state index is 0.00904. The Kier molecular flexibility index (Phi) is 4.65. The maximum absolute atomic E-state index is 11.7. The Bertz CT molecular complexity index is 361. The van der Waals surface area contributed by atoms with Crippen LogP contribution in [-0.4, -0.2) is 27.0 Å². The number of hydrogen-bond acceptors (Lipinski definition) is 3. The second-order valence-electron chi connectivity index (χ2n) is 7.38. The zero-order valence-corrected chi connectivity index (χ0v) is 14.7. The van der Waals surface area contributed by atoms with E-state index < -0.39 is 8.32 Å². The first-order chi connectivity index (χ1) is 9.30. The molecule has 2 fully saturated rings. The Balaban J connectivity index is 1.81. The summed E-state index contributed by atoms with van der Waals surface area (Å²) in [6.45, 7) is 11.8. The zero-order valence-electron chi connectivity index (χ0n) is 13.7.